The van der Waals surface area contributed by atoms with Gasteiger partial charge in [0, 0.05) is 44.9 Å². The lowest BCUT2D eigenvalue weighted by molar-refractivity contribution is -0.132. The van der Waals surface area contributed by atoms with Gasteiger partial charge in [0.25, 0.3) is 6.47 Å². The summed E-state index contributed by atoms with van der Waals surface area (Å²) in [5.41, 5.74) is 1.47. The average molecular weight is 442 g/mol. The molecule has 0 spiro atoms. The van der Waals surface area contributed by atoms with Crippen molar-refractivity contribution < 1.29 is 23.8 Å². The van der Waals surface area contributed by atoms with E-state index < -0.39 is 5.41 Å². The van der Waals surface area contributed by atoms with Gasteiger partial charge in [0.15, 0.2) is 0 Å². The van der Waals surface area contributed by atoms with Crippen LogP contribution in [0.1, 0.15) is 17.1 Å². The van der Waals surface area contributed by atoms with Gasteiger partial charge in [0.1, 0.15) is 5.75 Å². The molecule has 4 rings (SSSR count). The molecular weight excluding hydrogens is 416 g/mol. The number of aryl methyl sites for hydroxylation is 1. The number of carboxylic acid groups (broad SMARTS) is 1. The van der Waals surface area contributed by atoms with Crippen LogP contribution in [0, 0.1) is 12.3 Å². The molecule has 1 fully saturated rings. The summed E-state index contributed by atoms with van der Waals surface area (Å²) in [5.74, 6) is 1.31. The maximum absolute atomic E-state index is 13.2. The third-order valence-electron chi connectivity index (χ3n) is 5.17. The summed E-state index contributed by atoms with van der Waals surface area (Å²) in [5, 5.41) is 17.9. The van der Waals surface area contributed by atoms with Crippen LogP contribution in [0.3, 0.4) is 0 Å². The van der Waals surface area contributed by atoms with Crippen LogP contribution in [0.25, 0.3) is 0 Å². The molecule has 1 aliphatic rings. The molecule has 0 atom stereocenters. The van der Waals surface area contributed by atoms with Gasteiger partial charge in [-0.25, -0.2) is 4.98 Å². The van der Waals surface area contributed by atoms with E-state index in [-0.39, 0.29) is 12.4 Å². The Morgan fingerprint density at radius 1 is 1.41 bits per heavy atom. The number of carbonyl (C=O) groups is 2. The van der Waals surface area contributed by atoms with Crippen LogP contribution < -0.4 is 15.0 Å². The van der Waals surface area contributed by atoms with E-state index in [2.05, 4.69) is 25.5 Å². The van der Waals surface area contributed by atoms with Crippen LogP contribution in [0.2, 0.25) is 0 Å². The van der Waals surface area contributed by atoms with Gasteiger partial charge in [0.05, 0.1) is 18.9 Å². The summed E-state index contributed by atoms with van der Waals surface area (Å²) in [6.07, 6.45) is 4.70. The number of hydrogen-bond acceptors (Lipinski definition) is 8. The third kappa shape index (κ3) is 5.42. The quantitative estimate of drug-likeness (QED) is 0.438. The van der Waals surface area contributed by atoms with Crippen LogP contribution in [0.15, 0.2) is 41.2 Å². The van der Waals surface area contributed by atoms with E-state index in [4.69, 9.17) is 19.1 Å². The number of methoxy groups -OCH3 is 1. The number of carbonyl (C=O) groups excluding carboxylic acids is 1. The highest BCUT2D eigenvalue weighted by Gasteiger charge is 2.50. The topological polar surface area (TPSA) is 146 Å². The average Bonchev–Trinajstić information content (AvgIpc) is 3.43. The standard InChI is InChI=1S/C20H24N6O3.CH2O2/c1-14-24-25-19(29-14)26-11-20(12-26,9-15-4-3-5-17(8-15)28-2)18(27)22-7-6-16-10-21-13-23-16;2-1-3/h3-5,8,10,13H,6-7,9,11-12H2,1-2H3,(H,21,23)(H,22,27);1H,(H,2,3). The monoisotopic (exact) mass is 442 g/mol. The number of aromatic amines is 1. The SMILES string of the molecule is COc1cccc(CC2(C(=O)NCCc3cnc[nH]3)CN(c3nnc(C)o3)C2)c1.O=CO. The van der Waals surface area contributed by atoms with E-state index in [0.717, 1.165) is 17.0 Å². The molecule has 3 heterocycles. The van der Waals surface area contributed by atoms with Crippen LogP contribution in [-0.4, -0.2) is 64.4 Å². The van der Waals surface area contributed by atoms with Crippen molar-refractivity contribution in [3.63, 3.8) is 0 Å². The van der Waals surface area contributed by atoms with Crippen molar-refractivity contribution in [2.75, 3.05) is 31.6 Å². The molecule has 32 heavy (non-hydrogen) atoms. The van der Waals surface area contributed by atoms with Gasteiger partial charge in [-0.1, -0.05) is 17.2 Å². The zero-order chi connectivity index (χ0) is 23.0. The molecule has 1 saturated heterocycles. The second kappa shape index (κ2) is 10.4. The Morgan fingerprint density at radius 2 is 2.19 bits per heavy atom. The Kier molecular flexibility index (Phi) is 7.42. The Hall–Kier alpha value is -3.89. The van der Waals surface area contributed by atoms with Gasteiger partial charge in [0.2, 0.25) is 11.8 Å². The molecule has 0 radical (unpaired) electrons. The van der Waals surface area contributed by atoms with Crippen molar-refractivity contribution >= 4 is 18.4 Å². The molecule has 11 heteroatoms. The minimum absolute atomic E-state index is 0.0207. The summed E-state index contributed by atoms with van der Waals surface area (Å²) in [6.45, 7) is 3.08. The van der Waals surface area contributed by atoms with Crippen LogP contribution in [-0.2, 0) is 22.4 Å². The first kappa shape index (κ1) is 22.8. The molecule has 1 aliphatic heterocycles. The molecule has 170 valence electrons. The summed E-state index contributed by atoms with van der Waals surface area (Å²) >= 11 is 0. The summed E-state index contributed by atoms with van der Waals surface area (Å²) < 4.78 is 10.8. The highest BCUT2D eigenvalue weighted by atomic mass is 16.5. The first-order chi connectivity index (χ1) is 15.5. The molecule has 0 saturated carbocycles. The molecular formula is C21H26N6O5. The molecule has 0 bridgehead atoms. The Bertz CT molecular complexity index is 1010. The number of aromatic nitrogens is 4. The predicted octanol–water partition coefficient (Wildman–Crippen LogP) is 1.22. The number of ether oxygens (including phenoxy) is 1. The minimum atomic E-state index is -0.567. The van der Waals surface area contributed by atoms with Crippen molar-refractivity contribution in [2.24, 2.45) is 5.41 Å². The Labute approximate surface area is 184 Å². The zero-order valence-corrected chi connectivity index (χ0v) is 17.9. The van der Waals surface area contributed by atoms with Crippen molar-refractivity contribution in [2.45, 2.75) is 19.8 Å². The van der Waals surface area contributed by atoms with E-state index in [9.17, 15) is 4.79 Å². The molecule has 3 aromatic rings. The fourth-order valence-corrected chi connectivity index (χ4v) is 3.66. The van der Waals surface area contributed by atoms with E-state index in [1.165, 1.54) is 0 Å². The van der Waals surface area contributed by atoms with Crippen LogP contribution in [0.4, 0.5) is 6.01 Å². The number of benzene rings is 1. The van der Waals surface area contributed by atoms with Crippen LogP contribution >= 0.6 is 0 Å². The number of imidazole rings is 1. The summed E-state index contributed by atoms with van der Waals surface area (Å²) in [4.78, 5) is 30.5. The molecule has 3 N–H and O–H groups in total. The number of rotatable bonds is 8. The smallest absolute Gasteiger partial charge is 0.318 e. The Balaban J connectivity index is 0.000000913. The highest BCUT2D eigenvalue weighted by Crippen LogP contribution is 2.37. The molecule has 2 aromatic heterocycles. The number of H-pyrrole nitrogens is 1. The highest BCUT2D eigenvalue weighted by molar-refractivity contribution is 5.86. The van der Waals surface area contributed by atoms with Gasteiger partial charge in [-0.2, -0.15) is 0 Å². The lowest BCUT2D eigenvalue weighted by Gasteiger charge is -2.48. The van der Waals surface area contributed by atoms with Crippen molar-refractivity contribution in [1.82, 2.24) is 25.5 Å². The van der Waals surface area contributed by atoms with Crippen molar-refractivity contribution in [3.8, 4) is 5.75 Å². The van der Waals surface area contributed by atoms with Gasteiger partial charge in [-0.15, -0.1) is 5.10 Å². The first-order valence-electron chi connectivity index (χ1n) is 10.0. The predicted molar refractivity (Wildman–Crippen MR) is 114 cm³/mol. The van der Waals surface area contributed by atoms with Crippen LogP contribution in [0.5, 0.6) is 5.75 Å². The molecule has 1 aromatic carbocycles. The molecule has 11 nitrogen and oxygen atoms in total. The third-order valence-corrected chi connectivity index (χ3v) is 5.17. The lowest BCUT2D eigenvalue weighted by Crippen LogP contribution is -2.64. The van der Waals surface area contributed by atoms with E-state index in [1.807, 2.05) is 29.2 Å². The first-order valence-corrected chi connectivity index (χ1v) is 10.0. The zero-order valence-electron chi connectivity index (χ0n) is 17.9. The van der Waals surface area contributed by atoms with E-state index in [0.29, 0.717) is 44.4 Å². The second-order valence-electron chi connectivity index (χ2n) is 7.46. The second-order valence-corrected chi connectivity index (χ2v) is 7.46. The molecule has 0 unspecified atom stereocenters. The lowest BCUT2D eigenvalue weighted by atomic mass is 9.74. The number of nitrogens with zero attached hydrogens (tertiary/aromatic N) is 4. The van der Waals surface area contributed by atoms with Crippen molar-refractivity contribution in [1.29, 1.82) is 0 Å². The van der Waals surface area contributed by atoms with E-state index in [1.54, 1.807) is 26.6 Å². The summed E-state index contributed by atoms with van der Waals surface area (Å²) in [7, 11) is 1.64. The van der Waals surface area contributed by atoms with E-state index >= 15 is 0 Å². The van der Waals surface area contributed by atoms with Gasteiger partial charge in [-0.3, -0.25) is 9.59 Å². The minimum Gasteiger partial charge on any atom is -0.497 e. The van der Waals surface area contributed by atoms with Gasteiger partial charge >= 0.3 is 6.01 Å². The fourth-order valence-electron chi connectivity index (χ4n) is 3.66. The number of nitrogens with one attached hydrogen (secondary N) is 2. The fraction of sp³-hybridized carbons (Fsp3) is 0.381. The van der Waals surface area contributed by atoms with Crippen molar-refractivity contribution in [3.05, 3.63) is 53.9 Å². The van der Waals surface area contributed by atoms with Gasteiger partial charge in [-0.05, 0) is 24.1 Å². The molecule has 1 amide bonds. The summed E-state index contributed by atoms with van der Waals surface area (Å²) in [6, 6.07) is 8.28. The van der Waals surface area contributed by atoms with Gasteiger partial charge < -0.3 is 29.5 Å². The number of hydrogen-bond donors (Lipinski definition) is 3. The normalized spacial score (nSPS) is 14.0. The maximum Gasteiger partial charge on any atom is 0.318 e. The maximum atomic E-state index is 13.2. The molecule has 0 aliphatic carbocycles. The largest absolute Gasteiger partial charge is 0.497 e. The number of anilines is 1. The Morgan fingerprint density at radius 3 is 2.81 bits per heavy atom. The number of amides is 1.